The third-order valence-electron chi connectivity index (χ3n) is 6.73. The van der Waals surface area contributed by atoms with Gasteiger partial charge in [0.15, 0.2) is 0 Å². The summed E-state index contributed by atoms with van der Waals surface area (Å²) in [5.41, 5.74) is 2.62. The van der Waals surface area contributed by atoms with Crippen LogP contribution in [-0.4, -0.2) is 34.4 Å². The molecule has 2 heterocycles. The van der Waals surface area contributed by atoms with Crippen LogP contribution < -0.4 is 10.5 Å². The molecule has 0 spiro atoms. The molecule has 176 valence electrons. The van der Waals surface area contributed by atoms with Gasteiger partial charge < -0.3 is 10.0 Å². The van der Waals surface area contributed by atoms with E-state index in [9.17, 15) is 14.3 Å². The van der Waals surface area contributed by atoms with Crippen LogP contribution in [-0.2, 0) is 13.5 Å². The smallest absolute Gasteiger partial charge is 0.263 e. The van der Waals surface area contributed by atoms with Gasteiger partial charge in [-0.1, -0.05) is 49.7 Å². The van der Waals surface area contributed by atoms with Crippen molar-refractivity contribution >= 4 is 11.6 Å². The van der Waals surface area contributed by atoms with Crippen molar-refractivity contribution in [2.75, 3.05) is 24.6 Å². The number of anilines is 1. The lowest BCUT2D eigenvalue weighted by Crippen LogP contribution is -2.38. The average molecular weight is 461 g/mol. The summed E-state index contributed by atoms with van der Waals surface area (Å²) in [6.45, 7) is 11.0. The molecule has 7 heteroatoms. The van der Waals surface area contributed by atoms with Crippen LogP contribution in [0, 0.1) is 18.3 Å². The second-order valence-corrected chi connectivity index (χ2v) is 8.79. The Balaban J connectivity index is 1.88. The number of halogens is 1. The van der Waals surface area contributed by atoms with Gasteiger partial charge in [-0.25, -0.2) is 14.2 Å². The minimum Gasteiger partial charge on any atom is -0.396 e. The van der Waals surface area contributed by atoms with Crippen LogP contribution in [0.15, 0.2) is 47.3 Å². The van der Waals surface area contributed by atoms with Gasteiger partial charge in [0.25, 0.3) is 5.56 Å². The van der Waals surface area contributed by atoms with Gasteiger partial charge in [0.1, 0.15) is 5.82 Å². The lowest BCUT2D eigenvalue weighted by atomic mass is 9.94. The molecule has 1 aliphatic heterocycles. The number of aliphatic hydroxyl groups excluding tert-OH is 1. The first-order valence-corrected chi connectivity index (χ1v) is 11.7. The zero-order valence-electron chi connectivity index (χ0n) is 19.6. The largest absolute Gasteiger partial charge is 0.396 e. The van der Waals surface area contributed by atoms with Crippen molar-refractivity contribution in [1.29, 1.82) is 0 Å². The Morgan fingerprint density at radius 1 is 1.15 bits per heavy atom. The first-order chi connectivity index (χ1) is 16.5. The number of aliphatic hydroxyl groups is 1. The van der Waals surface area contributed by atoms with Crippen molar-refractivity contribution in [3.63, 3.8) is 0 Å². The predicted octanol–water partition coefficient (Wildman–Crippen LogP) is 4.97. The summed E-state index contributed by atoms with van der Waals surface area (Å²) in [6.07, 6.45) is 3.76. The molecule has 0 bridgehead atoms. The van der Waals surface area contributed by atoms with Crippen LogP contribution in [0.3, 0.4) is 0 Å². The van der Waals surface area contributed by atoms with E-state index < -0.39 is 5.82 Å². The van der Waals surface area contributed by atoms with Crippen LogP contribution in [0.25, 0.3) is 27.2 Å². The summed E-state index contributed by atoms with van der Waals surface area (Å²) in [4.78, 5) is 23.9. The van der Waals surface area contributed by atoms with E-state index in [4.69, 9.17) is 11.6 Å². The van der Waals surface area contributed by atoms with E-state index in [2.05, 4.69) is 16.7 Å². The fourth-order valence-electron chi connectivity index (χ4n) is 4.60. The van der Waals surface area contributed by atoms with Crippen molar-refractivity contribution in [2.24, 2.45) is 13.0 Å². The van der Waals surface area contributed by atoms with Crippen LogP contribution in [0.4, 0.5) is 16.0 Å². The maximum absolute atomic E-state index is 14.6. The summed E-state index contributed by atoms with van der Waals surface area (Å²) < 4.78 is 16.1. The molecule has 0 saturated carbocycles. The third kappa shape index (κ3) is 4.59. The monoisotopic (exact) mass is 460 g/mol. The molecule has 0 unspecified atom stereocenters. The fourth-order valence-corrected chi connectivity index (χ4v) is 4.60. The van der Waals surface area contributed by atoms with E-state index in [-0.39, 0.29) is 17.9 Å². The molecular weight excluding hydrogens is 431 g/mol. The highest BCUT2D eigenvalue weighted by Crippen LogP contribution is 2.33. The summed E-state index contributed by atoms with van der Waals surface area (Å²) in [5, 5.41) is 9.21. The number of rotatable bonds is 6. The molecule has 0 radical (unpaired) electrons. The number of hydrogen-bond acceptors (Lipinski definition) is 4. The molecule has 0 aliphatic carbocycles. The van der Waals surface area contributed by atoms with E-state index in [1.165, 1.54) is 12.1 Å². The van der Waals surface area contributed by atoms with E-state index >= 15 is 0 Å². The molecule has 1 saturated heterocycles. The quantitative estimate of drug-likeness (QED) is 0.528. The fraction of sp³-hybridized carbons (Fsp3) is 0.370. The molecule has 0 amide bonds. The molecule has 34 heavy (non-hydrogen) atoms. The highest BCUT2D eigenvalue weighted by Gasteiger charge is 2.25. The van der Waals surface area contributed by atoms with Crippen LogP contribution in [0.2, 0.25) is 0 Å². The number of nitrogens with zero attached hydrogens (tertiary/aromatic N) is 4. The van der Waals surface area contributed by atoms with Gasteiger partial charge in [0, 0.05) is 32.3 Å². The highest BCUT2D eigenvalue weighted by atomic mass is 19.1. The second-order valence-electron chi connectivity index (χ2n) is 8.79. The molecule has 4 rings (SSSR count). The van der Waals surface area contributed by atoms with Crippen molar-refractivity contribution in [1.82, 2.24) is 9.55 Å². The molecule has 1 aromatic heterocycles. The normalized spacial score (nSPS) is 14.3. The molecule has 2 aromatic carbocycles. The summed E-state index contributed by atoms with van der Waals surface area (Å²) in [7, 11) is 1.73. The van der Waals surface area contributed by atoms with Crippen LogP contribution >= 0.6 is 0 Å². The first kappa shape index (κ1) is 23.7. The van der Waals surface area contributed by atoms with E-state index in [1.54, 1.807) is 17.7 Å². The number of benzene rings is 2. The SMILES string of the molecule is [C-]#[N+]c1ccc(-c2nc(N3CCC(CC)CC3)n(C)c(=O)c2-c2ccc(CCO)cc2)cc1F. The van der Waals surface area contributed by atoms with Crippen LogP contribution in [0.1, 0.15) is 31.7 Å². The van der Waals surface area contributed by atoms with Crippen LogP contribution in [0.5, 0.6) is 0 Å². The van der Waals surface area contributed by atoms with Gasteiger partial charge in [-0.3, -0.25) is 9.36 Å². The first-order valence-electron chi connectivity index (χ1n) is 11.7. The summed E-state index contributed by atoms with van der Waals surface area (Å²) in [5.74, 6) is 0.620. The Hall–Kier alpha value is -3.50. The highest BCUT2D eigenvalue weighted by molar-refractivity contribution is 5.81. The summed E-state index contributed by atoms with van der Waals surface area (Å²) >= 11 is 0. The minimum atomic E-state index is -0.635. The van der Waals surface area contributed by atoms with E-state index in [1.807, 2.05) is 24.3 Å². The molecule has 1 N–H and O–H groups in total. The van der Waals surface area contributed by atoms with E-state index in [0.717, 1.165) is 37.9 Å². The summed E-state index contributed by atoms with van der Waals surface area (Å²) in [6, 6.07) is 11.8. The zero-order valence-corrected chi connectivity index (χ0v) is 19.6. The van der Waals surface area contributed by atoms with Gasteiger partial charge in [-0.15, -0.1) is 0 Å². The lowest BCUT2D eigenvalue weighted by molar-refractivity contribution is 0.299. The predicted molar refractivity (Wildman–Crippen MR) is 133 cm³/mol. The maximum atomic E-state index is 14.6. The number of hydrogen-bond donors (Lipinski definition) is 1. The molecule has 1 aliphatic rings. The minimum absolute atomic E-state index is 0.0457. The molecule has 3 aromatic rings. The van der Waals surface area contributed by atoms with Gasteiger partial charge >= 0.3 is 0 Å². The molecule has 0 atom stereocenters. The average Bonchev–Trinajstić information content (AvgIpc) is 2.86. The van der Waals surface area contributed by atoms with Gasteiger partial charge in [-0.2, -0.15) is 0 Å². The van der Waals surface area contributed by atoms with E-state index in [0.29, 0.717) is 40.7 Å². The van der Waals surface area contributed by atoms with Crippen molar-refractivity contribution in [3.8, 4) is 22.4 Å². The van der Waals surface area contributed by atoms with Crippen molar-refractivity contribution < 1.29 is 9.50 Å². The van der Waals surface area contributed by atoms with Crippen molar-refractivity contribution in [3.05, 3.63) is 75.6 Å². The second kappa shape index (κ2) is 10.2. The Kier molecular flexibility index (Phi) is 7.09. The molecule has 6 nitrogen and oxygen atoms in total. The Morgan fingerprint density at radius 3 is 2.41 bits per heavy atom. The van der Waals surface area contributed by atoms with Crippen molar-refractivity contribution in [2.45, 2.75) is 32.6 Å². The van der Waals surface area contributed by atoms with Gasteiger partial charge in [0.2, 0.25) is 11.6 Å². The van der Waals surface area contributed by atoms with Gasteiger partial charge in [-0.05, 0) is 42.4 Å². The van der Waals surface area contributed by atoms with Gasteiger partial charge in [0.05, 0.1) is 17.8 Å². The third-order valence-corrected chi connectivity index (χ3v) is 6.73. The zero-order chi connectivity index (χ0) is 24.2. The number of piperidine rings is 1. The Labute approximate surface area is 199 Å². The standard InChI is InChI=1S/C27H29FN4O2/c1-4-18-11-14-32(15-12-18)27-30-25(21-9-10-23(29-2)22(28)17-21)24(26(34)31(27)3)20-7-5-19(6-8-20)13-16-33/h5-10,17-18,33H,4,11-16H2,1,3H3. The topological polar surface area (TPSA) is 62.7 Å². The Morgan fingerprint density at radius 2 is 1.82 bits per heavy atom. The molecule has 1 fully saturated rings. The Bertz CT molecular complexity index is 1270. The number of aromatic nitrogens is 2. The maximum Gasteiger partial charge on any atom is 0.263 e. The molecular formula is C27H29FN4O2. The lowest BCUT2D eigenvalue weighted by Gasteiger charge is -2.33.